The van der Waals surface area contributed by atoms with Crippen LogP contribution >= 0.6 is 0 Å². The van der Waals surface area contributed by atoms with E-state index >= 15 is 0 Å². The zero-order valence-corrected chi connectivity index (χ0v) is 8.83. The van der Waals surface area contributed by atoms with Crippen molar-refractivity contribution < 1.29 is 9.50 Å². The van der Waals surface area contributed by atoms with Crippen molar-refractivity contribution in [1.29, 1.82) is 0 Å². The minimum atomic E-state index is -1.04. The monoisotopic (exact) mass is 209 g/mol. The van der Waals surface area contributed by atoms with Crippen LogP contribution in [0.3, 0.4) is 0 Å². The lowest BCUT2D eigenvalue weighted by Crippen LogP contribution is -2.37. The minimum absolute atomic E-state index is 0.155. The van der Waals surface area contributed by atoms with Gasteiger partial charge in [-0.05, 0) is 48.9 Å². The van der Waals surface area contributed by atoms with Crippen LogP contribution in [-0.2, 0) is 5.60 Å². The Morgan fingerprint density at radius 1 is 1.53 bits per heavy atom. The molecule has 1 unspecified atom stereocenters. The molecule has 3 heteroatoms. The van der Waals surface area contributed by atoms with E-state index in [1.165, 1.54) is 12.1 Å². The van der Waals surface area contributed by atoms with Crippen molar-refractivity contribution in [1.82, 2.24) is 0 Å². The maximum absolute atomic E-state index is 13.1. The lowest BCUT2D eigenvalue weighted by atomic mass is 9.86. The van der Waals surface area contributed by atoms with Gasteiger partial charge in [0, 0.05) is 6.54 Å². The van der Waals surface area contributed by atoms with Crippen LogP contribution in [0.2, 0.25) is 0 Å². The van der Waals surface area contributed by atoms with Gasteiger partial charge in [0.2, 0.25) is 0 Å². The van der Waals surface area contributed by atoms with Crippen LogP contribution < -0.4 is 5.73 Å². The summed E-state index contributed by atoms with van der Waals surface area (Å²) in [6.45, 7) is 2.03. The molecule has 0 bridgehead atoms. The van der Waals surface area contributed by atoms with Crippen molar-refractivity contribution in [3.63, 3.8) is 0 Å². The van der Waals surface area contributed by atoms with Crippen LogP contribution in [0.25, 0.3) is 0 Å². The minimum Gasteiger partial charge on any atom is -0.384 e. The molecule has 0 heterocycles. The highest BCUT2D eigenvalue weighted by molar-refractivity contribution is 5.34. The molecule has 0 aliphatic heterocycles. The zero-order chi connectivity index (χ0) is 11.1. The number of hydrogen-bond donors (Lipinski definition) is 2. The predicted octanol–water partition coefficient (Wildman–Crippen LogP) is 1.69. The van der Waals surface area contributed by atoms with Crippen molar-refractivity contribution in [3.05, 3.63) is 35.1 Å². The van der Waals surface area contributed by atoms with E-state index in [4.69, 9.17) is 5.73 Å². The summed E-state index contributed by atoms with van der Waals surface area (Å²) in [6, 6.07) is 4.50. The topological polar surface area (TPSA) is 46.2 Å². The van der Waals surface area contributed by atoms with Crippen molar-refractivity contribution >= 4 is 0 Å². The number of nitrogens with two attached hydrogens (primary N) is 1. The molecule has 3 N–H and O–H groups in total. The fraction of sp³-hybridized carbons (Fsp3) is 0.500. The highest BCUT2D eigenvalue weighted by Gasteiger charge is 2.44. The first-order chi connectivity index (χ1) is 7.08. The molecule has 1 aliphatic carbocycles. The van der Waals surface area contributed by atoms with Gasteiger partial charge in [-0.15, -0.1) is 0 Å². The van der Waals surface area contributed by atoms with Gasteiger partial charge < -0.3 is 10.8 Å². The SMILES string of the molecule is Cc1ccc(F)cc1C(O)(CN)C1CC1. The molecule has 1 aromatic carbocycles. The summed E-state index contributed by atoms with van der Waals surface area (Å²) in [7, 11) is 0. The number of aryl methyl sites for hydroxylation is 1. The van der Waals surface area contributed by atoms with Gasteiger partial charge in [-0.3, -0.25) is 0 Å². The van der Waals surface area contributed by atoms with E-state index in [0.29, 0.717) is 5.56 Å². The van der Waals surface area contributed by atoms with E-state index in [1.54, 1.807) is 6.07 Å². The summed E-state index contributed by atoms with van der Waals surface area (Å²) in [5.41, 5.74) is 6.14. The second-order valence-electron chi connectivity index (χ2n) is 4.36. The molecule has 1 aromatic rings. The van der Waals surface area contributed by atoms with Crippen LogP contribution in [0, 0.1) is 18.7 Å². The summed E-state index contributed by atoms with van der Waals surface area (Å²) in [5, 5.41) is 10.4. The van der Waals surface area contributed by atoms with Gasteiger partial charge in [0.15, 0.2) is 0 Å². The van der Waals surface area contributed by atoms with Gasteiger partial charge >= 0.3 is 0 Å². The Morgan fingerprint density at radius 2 is 2.20 bits per heavy atom. The molecule has 0 saturated heterocycles. The average Bonchev–Trinajstić information content (AvgIpc) is 3.04. The Kier molecular flexibility index (Phi) is 2.52. The van der Waals surface area contributed by atoms with Crippen molar-refractivity contribution in [2.75, 3.05) is 6.54 Å². The van der Waals surface area contributed by atoms with Crippen LogP contribution in [-0.4, -0.2) is 11.7 Å². The highest BCUT2D eigenvalue weighted by Crippen LogP contribution is 2.46. The first-order valence-corrected chi connectivity index (χ1v) is 5.27. The van der Waals surface area contributed by atoms with E-state index in [9.17, 15) is 9.50 Å². The fourth-order valence-electron chi connectivity index (χ4n) is 2.12. The van der Waals surface area contributed by atoms with Gasteiger partial charge in [-0.1, -0.05) is 6.07 Å². The first kappa shape index (κ1) is 10.6. The smallest absolute Gasteiger partial charge is 0.123 e. The number of benzene rings is 1. The summed E-state index contributed by atoms with van der Waals surface area (Å²) in [4.78, 5) is 0. The maximum atomic E-state index is 13.1. The highest BCUT2D eigenvalue weighted by atomic mass is 19.1. The Balaban J connectivity index is 2.45. The molecule has 1 aliphatic rings. The number of aliphatic hydroxyl groups is 1. The summed E-state index contributed by atoms with van der Waals surface area (Å²) in [5.74, 6) is -0.119. The molecule has 1 atom stereocenters. The predicted molar refractivity (Wildman–Crippen MR) is 56.8 cm³/mol. The summed E-state index contributed by atoms with van der Waals surface area (Å²) < 4.78 is 13.1. The molecule has 2 rings (SSSR count). The van der Waals surface area contributed by atoms with E-state index in [0.717, 1.165) is 18.4 Å². The van der Waals surface area contributed by atoms with Crippen LogP contribution in [0.5, 0.6) is 0 Å². The van der Waals surface area contributed by atoms with Gasteiger partial charge in [0.25, 0.3) is 0 Å². The Bertz CT molecular complexity index is 376. The fourth-order valence-corrected chi connectivity index (χ4v) is 2.12. The number of rotatable bonds is 3. The standard InChI is InChI=1S/C12H16FNO/c1-8-2-5-10(13)6-11(8)12(15,7-14)9-3-4-9/h2,5-6,9,15H,3-4,7,14H2,1H3. The quantitative estimate of drug-likeness (QED) is 0.795. The zero-order valence-electron chi connectivity index (χ0n) is 8.83. The lowest BCUT2D eigenvalue weighted by Gasteiger charge is -2.28. The Hall–Kier alpha value is -0.930. The molecule has 15 heavy (non-hydrogen) atoms. The third kappa shape index (κ3) is 1.77. The van der Waals surface area contributed by atoms with Gasteiger partial charge in [-0.2, -0.15) is 0 Å². The molecule has 0 aromatic heterocycles. The summed E-state index contributed by atoms with van der Waals surface area (Å²) >= 11 is 0. The molecular formula is C12H16FNO. The molecule has 0 amide bonds. The lowest BCUT2D eigenvalue weighted by molar-refractivity contribution is 0.0213. The van der Waals surface area contributed by atoms with E-state index in [-0.39, 0.29) is 18.3 Å². The van der Waals surface area contributed by atoms with Crippen molar-refractivity contribution in [3.8, 4) is 0 Å². The molecule has 1 saturated carbocycles. The summed E-state index contributed by atoms with van der Waals surface area (Å²) in [6.07, 6.45) is 1.95. The third-order valence-corrected chi connectivity index (χ3v) is 3.23. The average molecular weight is 209 g/mol. The van der Waals surface area contributed by atoms with Crippen molar-refractivity contribution in [2.45, 2.75) is 25.4 Å². The van der Waals surface area contributed by atoms with Gasteiger partial charge in [-0.25, -0.2) is 4.39 Å². The largest absolute Gasteiger partial charge is 0.384 e. The van der Waals surface area contributed by atoms with Gasteiger partial charge in [0.1, 0.15) is 11.4 Å². The second-order valence-corrected chi connectivity index (χ2v) is 4.36. The van der Waals surface area contributed by atoms with E-state index in [1.807, 2.05) is 6.92 Å². The molecule has 0 spiro atoms. The van der Waals surface area contributed by atoms with E-state index in [2.05, 4.69) is 0 Å². The Labute approximate surface area is 88.9 Å². The molecule has 0 radical (unpaired) electrons. The molecular weight excluding hydrogens is 193 g/mol. The van der Waals surface area contributed by atoms with Crippen LogP contribution in [0.1, 0.15) is 24.0 Å². The van der Waals surface area contributed by atoms with E-state index < -0.39 is 5.60 Å². The van der Waals surface area contributed by atoms with Crippen LogP contribution in [0.15, 0.2) is 18.2 Å². The van der Waals surface area contributed by atoms with Crippen molar-refractivity contribution in [2.24, 2.45) is 11.7 Å². The van der Waals surface area contributed by atoms with Crippen LogP contribution in [0.4, 0.5) is 4.39 Å². The second kappa shape index (κ2) is 3.58. The van der Waals surface area contributed by atoms with Gasteiger partial charge in [0.05, 0.1) is 0 Å². The normalized spacial score (nSPS) is 20.0. The molecule has 2 nitrogen and oxygen atoms in total. The third-order valence-electron chi connectivity index (χ3n) is 3.23. The molecule has 82 valence electrons. The number of halogens is 1. The maximum Gasteiger partial charge on any atom is 0.123 e. The molecule has 1 fully saturated rings. The number of hydrogen-bond acceptors (Lipinski definition) is 2. The first-order valence-electron chi connectivity index (χ1n) is 5.27. The Morgan fingerprint density at radius 3 is 2.73 bits per heavy atom.